The SMILES string of the molecule is O=C(N[C@@H](C(=O)O)c1ccccc1)c1cc(Br)ccc1Cl. The van der Waals surface area contributed by atoms with Gasteiger partial charge in [-0.1, -0.05) is 57.9 Å². The van der Waals surface area contributed by atoms with Gasteiger partial charge in [0.1, 0.15) is 0 Å². The van der Waals surface area contributed by atoms with Crippen LogP contribution >= 0.6 is 27.5 Å². The van der Waals surface area contributed by atoms with Crippen LogP contribution in [0, 0.1) is 0 Å². The van der Waals surface area contributed by atoms with Crippen molar-refractivity contribution in [1.82, 2.24) is 5.32 Å². The number of hydrogen-bond donors (Lipinski definition) is 2. The standard InChI is InChI=1S/C15H11BrClNO3/c16-10-6-7-12(17)11(8-10)14(19)18-13(15(20)21)9-4-2-1-3-5-9/h1-8,13H,(H,18,19)(H,20,21)/t13-/m1/s1. The maximum Gasteiger partial charge on any atom is 0.330 e. The van der Waals surface area contributed by atoms with E-state index in [1.54, 1.807) is 48.5 Å². The summed E-state index contributed by atoms with van der Waals surface area (Å²) in [7, 11) is 0. The molecule has 0 unspecified atom stereocenters. The van der Waals surface area contributed by atoms with E-state index >= 15 is 0 Å². The summed E-state index contributed by atoms with van der Waals surface area (Å²) < 4.78 is 0.684. The van der Waals surface area contributed by atoms with Crippen molar-refractivity contribution in [2.24, 2.45) is 0 Å². The Bertz CT molecular complexity index is 676. The molecular weight excluding hydrogens is 358 g/mol. The molecule has 1 amide bonds. The van der Waals surface area contributed by atoms with Crippen molar-refractivity contribution >= 4 is 39.4 Å². The molecule has 21 heavy (non-hydrogen) atoms. The van der Waals surface area contributed by atoms with Gasteiger partial charge in [0.2, 0.25) is 0 Å². The Morgan fingerprint density at radius 1 is 1.14 bits per heavy atom. The van der Waals surface area contributed by atoms with Crippen molar-refractivity contribution in [2.75, 3.05) is 0 Å². The van der Waals surface area contributed by atoms with Crippen molar-refractivity contribution in [1.29, 1.82) is 0 Å². The lowest BCUT2D eigenvalue weighted by molar-refractivity contribution is -0.139. The number of carbonyl (C=O) groups excluding carboxylic acids is 1. The van der Waals surface area contributed by atoms with Gasteiger partial charge in [0.05, 0.1) is 10.6 Å². The van der Waals surface area contributed by atoms with E-state index in [2.05, 4.69) is 21.2 Å². The quantitative estimate of drug-likeness (QED) is 0.865. The molecule has 108 valence electrons. The van der Waals surface area contributed by atoms with E-state index in [4.69, 9.17) is 11.6 Å². The molecule has 0 aromatic heterocycles. The Hall–Kier alpha value is -1.85. The first-order valence-electron chi connectivity index (χ1n) is 6.02. The molecule has 0 fully saturated rings. The fraction of sp³-hybridized carbons (Fsp3) is 0.0667. The molecule has 2 aromatic rings. The van der Waals surface area contributed by atoms with E-state index in [9.17, 15) is 14.7 Å². The molecule has 2 N–H and O–H groups in total. The molecule has 0 spiro atoms. The van der Waals surface area contributed by atoms with Crippen LogP contribution in [-0.4, -0.2) is 17.0 Å². The van der Waals surface area contributed by atoms with Crippen molar-refractivity contribution < 1.29 is 14.7 Å². The number of nitrogens with one attached hydrogen (secondary N) is 1. The third-order valence-electron chi connectivity index (χ3n) is 2.83. The lowest BCUT2D eigenvalue weighted by Gasteiger charge is -2.15. The van der Waals surface area contributed by atoms with Crippen molar-refractivity contribution in [3.63, 3.8) is 0 Å². The van der Waals surface area contributed by atoms with Gasteiger partial charge in [-0.15, -0.1) is 0 Å². The van der Waals surface area contributed by atoms with E-state index in [-0.39, 0.29) is 10.6 Å². The summed E-state index contributed by atoms with van der Waals surface area (Å²) in [5, 5.41) is 12.0. The lowest BCUT2D eigenvalue weighted by Crippen LogP contribution is -2.33. The largest absolute Gasteiger partial charge is 0.479 e. The average Bonchev–Trinajstić information content (AvgIpc) is 2.47. The summed E-state index contributed by atoms with van der Waals surface area (Å²) in [5.41, 5.74) is 0.706. The predicted octanol–water partition coefficient (Wildman–Crippen LogP) is 3.66. The molecule has 0 heterocycles. The Morgan fingerprint density at radius 2 is 1.81 bits per heavy atom. The van der Waals surface area contributed by atoms with Crippen molar-refractivity contribution in [3.8, 4) is 0 Å². The highest BCUT2D eigenvalue weighted by atomic mass is 79.9. The van der Waals surface area contributed by atoms with E-state index in [1.807, 2.05) is 0 Å². The molecule has 6 heteroatoms. The minimum atomic E-state index is -1.14. The van der Waals surface area contributed by atoms with Crippen LogP contribution in [-0.2, 0) is 4.79 Å². The van der Waals surface area contributed by atoms with Crippen LogP contribution < -0.4 is 5.32 Å². The van der Waals surface area contributed by atoms with Gasteiger partial charge in [0.25, 0.3) is 5.91 Å². The average molecular weight is 369 g/mol. The number of rotatable bonds is 4. The van der Waals surface area contributed by atoms with Gasteiger partial charge >= 0.3 is 5.97 Å². The van der Waals surface area contributed by atoms with Crippen molar-refractivity contribution in [2.45, 2.75) is 6.04 Å². The number of amides is 1. The number of aliphatic carboxylic acids is 1. The highest BCUT2D eigenvalue weighted by Gasteiger charge is 2.23. The summed E-state index contributed by atoms with van der Waals surface area (Å²) in [6.07, 6.45) is 0. The molecule has 0 aliphatic rings. The summed E-state index contributed by atoms with van der Waals surface area (Å²) in [6.45, 7) is 0. The second-order valence-corrected chi connectivity index (χ2v) is 5.60. The first kappa shape index (κ1) is 15.5. The fourth-order valence-electron chi connectivity index (χ4n) is 1.81. The maximum atomic E-state index is 12.2. The molecule has 0 saturated heterocycles. The zero-order valence-electron chi connectivity index (χ0n) is 10.7. The Kier molecular flexibility index (Phi) is 4.98. The van der Waals surface area contributed by atoms with Gasteiger partial charge in [0.15, 0.2) is 6.04 Å². The van der Waals surface area contributed by atoms with Crippen molar-refractivity contribution in [3.05, 3.63) is 69.2 Å². The minimum absolute atomic E-state index is 0.216. The first-order chi connectivity index (χ1) is 9.99. The number of carbonyl (C=O) groups is 2. The summed E-state index contributed by atoms with van der Waals surface area (Å²) in [5.74, 6) is -1.68. The van der Waals surface area contributed by atoms with E-state index in [0.29, 0.717) is 10.0 Å². The van der Waals surface area contributed by atoms with Crippen LogP contribution in [0.3, 0.4) is 0 Å². The van der Waals surface area contributed by atoms with Gasteiger partial charge in [-0.2, -0.15) is 0 Å². The van der Waals surface area contributed by atoms with E-state index in [0.717, 1.165) is 0 Å². The van der Waals surface area contributed by atoms with Gasteiger partial charge in [-0.25, -0.2) is 4.79 Å². The molecule has 2 aromatic carbocycles. The Balaban J connectivity index is 2.27. The predicted molar refractivity (Wildman–Crippen MR) is 83.4 cm³/mol. The Morgan fingerprint density at radius 3 is 2.43 bits per heavy atom. The van der Waals surface area contributed by atoms with Crippen LogP contribution in [0.5, 0.6) is 0 Å². The number of carboxylic acids is 1. The molecule has 0 aliphatic carbocycles. The second-order valence-electron chi connectivity index (χ2n) is 4.28. The first-order valence-corrected chi connectivity index (χ1v) is 7.20. The van der Waals surface area contributed by atoms with Gasteiger partial charge in [-0.05, 0) is 23.8 Å². The maximum absolute atomic E-state index is 12.2. The zero-order valence-corrected chi connectivity index (χ0v) is 13.1. The van der Waals surface area contributed by atoms with Gasteiger partial charge < -0.3 is 10.4 Å². The molecule has 2 rings (SSSR count). The van der Waals surface area contributed by atoms with Crippen LogP contribution in [0.2, 0.25) is 5.02 Å². The molecule has 1 atom stereocenters. The molecule has 0 radical (unpaired) electrons. The van der Waals surface area contributed by atoms with Crippen LogP contribution in [0.25, 0.3) is 0 Å². The van der Waals surface area contributed by atoms with Gasteiger partial charge in [-0.3, -0.25) is 4.79 Å². The number of carboxylic acid groups (broad SMARTS) is 1. The van der Waals surface area contributed by atoms with Crippen LogP contribution in [0.4, 0.5) is 0 Å². The molecule has 0 saturated carbocycles. The van der Waals surface area contributed by atoms with E-state index < -0.39 is 17.9 Å². The van der Waals surface area contributed by atoms with Gasteiger partial charge in [0, 0.05) is 4.47 Å². The molecule has 0 aliphatic heterocycles. The zero-order chi connectivity index (χ0) is 15.4. The van der Waals surface area contributed by atoms with Crippen LogP contribution in [0.1, 0.15) is 22.0 Å². The third kappa shape index (κ3) is 3.83. The summed E-state index contributed by atoms with van der Waals surface area (Å²) in [6, 6.07) is 12.2. The summed E-state index contributed by atoms with van der Waals surface area (Å²) in [4.78, 5) is 23.6. The molecule has 4 nitrogen and oxygen atoms in total. The monoisotopic (exact) mass is 367 g/mol. The smallest absolute Gasteiger partial charge is 0.330 e. The highest BCUT2D eigenvalue weighted by molar-refractivity contribution is 9.10. The van der Waals surface area contributed by atoms with Crippen LogP contribution in [0.15, 0.2) is 53.0 Å². The number of halogens is 2. The summed E-state index contributed by atoms with van der Waals surface area (Å²) >= 11 is 9.22. The number of benzene rings is 2. The number of hydrogen-bond acceptors (Lipinski definition) is 2. The second kappa shape index (κ2) is 6.74. The topological polar surface area (TPSA) is 66.4 Å². The molecule has 0 bridgehead atoms. The normalized spacial score (nSPS) is 11.7. The third-order valence-corrected chi connectivity index (χ3v) is 3.65. The Labute approximate surface area is 134 Å². The lowest BCUT2D eigenvalue weighted by atomic mass is 10.1. The fourth-order valence-corrected chi connectivity index (χ4v) is 2.38. The highest BCUT2D eigenvalue weighted by Crippen LogP contribution is 2.22. The van der Waals surface area contributed by atoms with E-state index in [1.165, 1.54) is 0 Å². The molecular formula is C15H11BrClNO3. The minimum Gasteiger partial charge on any atom is -0.479 e.